The van der Waals surface area contributed by atoms with Crippen LogP contribution in [0.15, 0.2) is 34.0 Å². The van der Waals surface area contributed by atoms with Crippen LogP contribution in [0.2, 0.25) is 0 Å². The summed E-state index contributed by atoms with van der Waals surface area (Å²) in [5, 5.41) is -0.271. The first kappa shape index (κ1) is 14.8. The first-order valence-electron chi connectivity index (χ1n) is 6.86. The lowest BCUT2D eigenvalue weighted by atomic mass is 10.2. The van der Waals surface area contributed by atoms with E-state index in [2.05, 4.69) is 14.7 Å². The smallest absolute Gasteiger partial charge is 0.290 e. The first-order valence-corrected chi connectivity index (χ1v) is 8.35. The van der Waals surface area contributed by atoms with E-state index in [4.69, 9.17) is 4.42 Å². The number of likely N-dealkylation sites (tertiary alicyclic amines) is 1. The lowest BCUT2D eigenvalue weighted by molar-refractivity contribution is 0.0692. The molecule has 3 rings (SSSR count). The molecule has 22 heavy (non-hydrogen) atoms. The summed E-state index contributed by atoms with van der Waals surface area (Å²) < 4.78 is 30.7. The van der Waals surface area contributed by atoms with Gasteiger partial charge in [0.1, 0.15) is 5.82 Å². The molecule has 2 aromatic rings. The van der Waals surface area contributed by atoms with Crippen molar-refractivity contribution in [1.29, 1.82) is 0 Å². The molecular weight excluding hydrogens is 308 g/mol. The van der Waals surface area contributed by atoms with Crippen LogP contribution in [-0.2, 0) is 10.0 Å². The SMILES string of the molecule is CNS(=O)(=O)c1ccc(C(=O)N2CCC[C@H]2c2ncc[nH]2)o1. The van der Waals surface area contributed by atoms with Gasteiger partial charge in [-0.3, -0.25) is 4.79 Å². The van der Waals surface area contributed by atoms with E-state index in [1.165, 1.54) is 19.2 Å². The summed E-state index contributed by atoms with van der Waals surface area (Å²) in [4.78, 5) is 21.4. The van der Waals surface area contributed by atoms with E-state index in [-0.39, 0.29) is 22.8 Å². The van der Waals surface area contributed by atoms with Gasteiger partial charge in [0.15, 0.2) is 5.76 Å². The number of hydrogen-bond acceptors (Lipinski definition) is 5. The average Bonchev–Trinajstić information content (AvgIpc) is 3.25. The molecule has 1 aliphatic rings. The van der Waals surface area contributed by atoms with E-state index in [9.17, 15) is 13.2 Å². The molecule has 3 heterocycles. The van der Waals surface area contributed by atoms with E-state index in [1.807, 2.05) is 0 Å². The van der Waals surface area contributed by atoms with Crippen molar-refractivity contribution in [2.45, 2.75) is 24.0 Å². The molecule has 8 nitrogen and oxygen atoms in total. The summed E-state index contributed by atoms with van der Waals surface area (Å²) in [5.74, 6) is 0.393. The monoisotopic (exact) mass is 324 g/mol. The number of rotatable bonds is 4. The van der Waals surface area contributed by atoms with Crippen molar-refractivity contribution in [3.05, 3.63) is 36.1 Å². The van der Waals surface area contributed by atoms with Crippen molar-refractivity contribution in [1.82, 2.24) is 19.6 Å². The third-order valence-corrected chi connectivity index (χ3v) is 4.96. The zero-order chi connectivity index (χ0) is 15.7. The molecular formula is C13H16N4O4S. The normalized spacial score (nSPS) is 18.8. The van der Waals surface area contributed by atoms with Crippen LogP contribution in [-0.4, -0.2) is 42.8 Å². The highest BCUT2D eigenvalue weighted by atomic mass is 32.2. The Bertz CT molecular complexity index is 766. The average molecular weight is 324 g/mol. The second kappa shape index (κ2) is 5.58. The molecule has 9 heteroatoms. The van der Waals surface area contributed by atoms with Gasteiger partial charge in [0.05, 0.1) is 6.04 Å². The van der Waals surface area contributed by atoms with Gasteiger partial charge in [-0.15, -0.1) is 0 Å². The highest BCUT2D eigenvalue weighted by Gasteiger charge is 2.34. The number of sulfonamides is 1. The maximum atomic E-state index is 12.6. The summed E-state index contributed by atoms with van der Waals surface area (Å²) in [7, 11) is -2.41. The fourth-order valence-corrected chi connectivity index (χ4v) is 3.22. The second-order valence-corrected chi connectivity index (χ2v) is 6.77. The van der Waals surface area contributed by atoms with Crippen molar-refractivity contribution in [2.24, 2.45) is 0 Å². The van der Waals surface area contributed by atoms with Gasteiger partial charge in [0.25, 0.3) is 15.9 Å². The van der Waals surface area contributed by atoms with Crippen LogP contribution in [0.5, 0.6) is 0 Å². The highest BCUT2D eigenvalue weighted by Crippen LogP contribution is 2.31. The van der Waals surface area contributed by atoms with Crippen LogP contribution in [0.25, 0.3) is 0 Å². The number of carbonyl (C=O) groups is 1. The fourth-order valence-electron chi connectivity index (χ4n) is 2.58. The summed E-state index contributed by atoms with van der Waals surface area (Å²) >= 11 is 0. The molecule has 1 aliphatic heterocycles. The van der Waals surface area contributed by atoms with Gasteiger partial charge in [-0.25, -0.2) is 18.1 Å². The van der Waals surface area contributed by atoms with Crippen molar-refractivity contribution in [3.8, 4) is 0 Å². The van der Waals surface area contributed by atoms with E-state index < -0.39 is 10.0 Å². The van der Waals surface area contributed by atoms with Crippen LogP contribution in [0, 0.1) is 0 Å². The molecule has 0 radical (unpaired) electrons. The quantitative estimate of drug-likeness (QED) is 0.868. The number of amides is 1. The molecule has 1 fully saturated rings. The Labute approximate surface area is 127 Å². The number of hydrogen-bond donors (Lipinski definition) is 2. The molecule has 0 unspecified atom stereocenters. The Morgan fingerprint density at radius 1 is 1.50 bits per heavy atom. The molecule has 0 saturated carbocycles. The molecule has 0 aliphatic carbocycles. The summed E-state index contributed by atoms with van der Waals surface area (Å²) in [5.41, 5.74) is 0. The molecule has 1 saturated heterocycles. The molecule has 0 aromatic carbocycles. The van der Waals surface area contributed by atoms with Gasteiger partial charge in [-0.05, 0) is 32.0 Å². The van der Waals surface area contributed by atoms with Crippen molar-refractivity contribution in [3.63, 3.8) is 0 Å². The standard InChI is InChI=1S/C13H16N4O4S/c1-14-22(19,20)11-5-4-10(21-11)13(18)17-8-2-3-9(17)12-15-6-7-16-12/h4-7,9,14H,2-3,8H2,1H3,(H,15,16)/t9-/m0/s1. The molecule has 2 aromatic heterocycles. The number of imidazole rings is 1. The minimum Gasteiger partial charge on any atom is -0.438 e. The maximum Gasteiger partial charge on any atom is 0.290 e. The van der Waals surface area contributed by atoms with E-state index in [1.54, 1.807) is 17.3 Å². The number of aromatic amines is 1. The van der Waals surface area contributed by atoms with Gasteiger partial charge in [-0.1, -0.05) is 0 Å². The number of nitrogens with zero attached hydrogens (tertiary/aromatic N) is 2. The molecule has 0 spiro atoms. The number of aromatic nitrogens is 2. The Morgan fingerprint density at radius 3 is 3.00 bits per heavy atom. The van der Waals surface area contributed by atoms with Crippen molar-refractivity contribution >= 4 is 15.9 Å². The summed E-state index contributed by atoms with van der Waals surface area (Å²) in [6, 6.07) is 2.51. The van der Waals surface area contributed by atoms with Gasteiger partial charge in [0, 0.05) is 18.9 Å². The number of carbonyl (C=O) groups excluding carboxylic acids is 1. The fraction of sp³-hybridized carbons (Fsp3) is 0.385. The maximum absolute atomic E-state index is 12.6. The van der Waals surface area contributed by atoms with Gasteiger partial charge < -0.3 is 14.3 Å². The Hall–Kier alpha value is -2.13. The predicted octanol–water partition coefficient (Wildman–Crippen LogP) is 0.888. The molecule has 2 N–H and O–H groups in total. The van der Waals surface area contributed by atoms with Crippen molar-refractivity contribution < 1.29 is 17.6 Å². The van der Waals surface area contributed by atoms with Crippen LogP contribution < -0.4 is 4.72 Å². The number of nitrogens with one attached hydrogen (secondary N) is 2. The van der Waals surface area contributed by atoms with Crippen molar-refractivity contribution in [2.75, 3.05) is 13.6 Å². The summed E-state index contributed by atoms with van der Waals surface area (Å²) in [6.07, 6.45) is 5.02. The largest absolute Gasteiger partial charge is 0.438 e. The lowest BCUT2D eigenvalue weighted by Gasteiger charge is -2.21. The Kier molecular flexibility index (Phi) is 3.75. The van der Waals surface area contributed by atoms with E-state index in [0.717, 1.165) is 18.7 Å². The van der Waals surface area contributed by atoms with Gasteiger partial charge in [0.2, 0.25) is 5.09 Å². The third-order valence-electron chi connectivity index (χ3n) is 3.67. The highest BCUT2D eigenvalue weighted by molar-refractivity contribution is 7.89. The van der Waals surface area contributed by atoms with Crippen LogP contribution >= 0.6 is 0 Å². The topological polar surface area (TPSA) is 108 Å². The third kappa shape index (κ3) is 2.53. The number of H-pyrrole nitrogens is 1. The molecule has 1 amide bonds. The minimum atomic E-state index is -3.70. The van der Waals surface area contributed by atoms with Crippen LogP contribution in [0.1, 0.15) is 35.3 Å². The minimum absolute atomic E-state index is 0.00674. The van der Waals surface area contributed by atoms with E-state index >= 15 is 0 Å². The van der Waals surface area contributed by atoms with Gasteiger partial charge in [-0.2, -0.15) is 0 Å². The molecule has 118 valence electrons. The predicted molar refractivity (Wildman–Crippen MR) is 76.6 cm³/mol. The summed E-state index contributed by atoms with van der Waals surface area (Å²) in [6.45, 7) is 0.582. The zero-order valence-electron chi connectivity index (χ0n) is 11.9. The lowest BCUT2D eigenvalue weighted by Crippen LogP contribution is -2.30. The second-order valence-electron chi connectivity index (χ2n) is 4.96. The molecule has 0 bridgehead atoms. The zero-order valence-corrected chi connectivity index (χ0v) is 12.8. The van der Waals surface area contributed by atoms with E-state index in [0.29, 0.717) is 6.54 Å². The number of furan rings is 1. The Morgan fingerprint density at radius 2 is 2.32 bits per heavy atom. The van der Waals surface area contributed by atoms with Crippen LogP contribution in [0.3, 0.4) is 0 Å². The first-order chi connectivity index (χ1) is 10.5. The van der Waals surface area contributed by atoms with Gasteiger partial charge >= 0.3 is 0 Å². The Balaban J connectivity index is 1.85. The van der Waals surface area contributed by atoms with Crippen LogP contribution in [0.4, 0.5) is 0 Å². The molecule has 1 atom stereocenters.